The Morgan fingerprint density at radius 1 is 0.826 bits per heavy atom. The highest BCUT2D eigenvalue weighted by atomic mass is 16.4. The normalized spacial score (nSPS) is 14.2. The van der Waals surface area contributed by atoms with Gasteiger partial charge in [-0.25, -0.2) is 0 Å². The summed E-state index contributed by atoms with van der Waals surface area (Å²) >= 11 is 0. The van der Waals surface area contributed by atoms with Crippen molar-refractivity contribution in [1.82, 2.24) is 16.0 Å². The number of aliphatic imine (C=N–C) groups is 1. The molecule has 4 amide bonds. The van der Waals surface area contributed by atoms with E-state index in [9.17, 15) is 33.9 Å². The zero-order chi connectivity index (χ0) is 34.8. The number of nitrogens with two attached hydrogens (primary N) is 4. The molecule has 0 saturated carbocycles. The predicted molar refractivity (Wildman–Crippen MR) is 173 cm³/mol. The third-order valence-electron chi connectivity index (χ3n) is 7.31. The van der Waals surface area contributed by atoms with Crippen LogP contribution in [-0.4, -0.2) is 77.2 Å². The largest absolute Gasteiger partial charge is 0.481 e. The first-order valence-electron chi connectivity index (χ1n) is 15.5. The van der Waals surface area contributed by atoms with Gasteiger partial charge < -0.3 is 44.0 Å². The van der Waals surface area contributed by atoms with Crippen molar-refractivity contribution in [3.05, 3.63) is 35.9 Å². The molecule has 0 unspecified atom stereocenters. The number of Topliss-reactive ketones (excluding diaryl/α,β-unsaturated/α-hetero) is 1. The maximum atomic E-state index is 13.3. The van der Waals surface area contributed by atoms with Gasteiger partial charge in [0.2, 0.25) is 23.6 Å². The van der Waals surface area contributed by atoms with Crippen LogP contribution < -0.4 is 38.9 Å². The smallest absolute Gasteiger partial charge is 0.305 e. The van der Waals surface area contributed by atoms with Crippen molar-refractivity contribution in [3.63, 3.8) is 0 Å². The van der Waals surface area contributed by atoms with Gasteiger partial charge in [0.1, 0.15) is 23.9 Å². The molecule has 0 aliphatic rings. The third kappa shape index (κ3) is 15.0. The van der Waals surface area contributed by atoms with Gasteiger partial charge in [-0.2, -0.15) is 0 Å². The van der Waals surface area contributed by atoms with Crippen molar-refractivity contribution >= 4 is 41.3 Å². The molecule has 0 saturated heterocycles. The van der Waals surface area contributed by atoms with Gasteiger partial charge >= 0.3 is 5.97 Å². The number of nitrogens with one attached hydrogen (secondary N) is 3. The molecular weight excluding hydrogens is 596 g/mol. The highest BCUT2D eigenvalue weighted by Crippen LogP contribution is 2.17. The summed E-state index contributed by atoms with van der Waals surface area (Å²) in [4.78, 5) is 80.4. The number of carboxylic acid groups (broad SMARTS) is 1. The number of carboxylic acids is 1. The van der Waals surface area contributed by atoms with Crippen LogP contribution in [0.15, 0.2) is 35.3 Å². The average Bonchev–Trinajstić information content (AvgIpc) is 2.98. The molecule has 0 aliphatic heterocycles. The summed E-state index contributed by atoms with van der Waals surface area (Å²) in [5, 5.41) is 17.0. The summed E-state index contributed by atoms with van der Waals surface area (Å²) in [5.74, 6) is -6.24. The Morgan fingerprint density at radius 2 is 1.46 bits per heavy atom. The van der Waals surface area contributed by atoms with Crippen molar-refractivity contribution in [2.24, 2.45) is 39.8 Å². The van der Waals surface area contributed by atoms with Crippen molar-refractivity contribution in [2.75, 3.05) is 6.54 Å². The summed E-state index contributed by atoms with van der Waals surface area (Å²) in [6.45, 7) is 5.50. The van der Waals surface area contributed by atoms with E-state index < -0.39 is 72.0 Å². The molecule has 1 aromatic rings. The molecule has 0 radical (unpaired) electrons. The Kier molecular flexibility index (Phi) is 17.6. The number of ketones is 1. The summed E-state index contributed by atoms with van der Waals surface area (Å²) in [6, 6.07) is 4.22. The minimum Gasteiger partial charge on any atom is -0.481 e. The lowest BCUT2D eigenvalue weighted by Gasteiger charge is -2.27. The Balaban J connectivity index is 3.03. The van der Waals surface area contributed by atoms with Gasteiger partial charge in [-0.15, -0.1) is 0 Å². The molecule has 5 atom stereocenters. The maximum Gasteiger partial charge on any atom is 0.305 e. The molecule has 0 bridgehead atoms. The van der Waals surface area contributed by atoms with E-state index in [4.69, 9.17) is 22.9 Å². The monoisotopic (exact) mass is 646 g/mol. The summed E-state index contributed by atoms with van der Waals surface area (Å²) in [7, 11) is 0. The molecule has 0 heterocycles. The lowest BCUT2D eigenvalue weighted by atomic mass is 9.91. The number of nitrogens with zero attached hydrogens (tertiary/aromatic N) is 1. The Labute approximate surface area is 269 Å². The number of benzene rings is 1. The Morgan fingerprint density at radius 3 is 2.00 bits per heavy atom. The first-order valence-corrected chi connectivity index (χ1v) is 15.5. The second-order valence-electron chi connectivity index (χ2n) is 11.6. The van der Waals surface area contributed by atoms with Gasteiger partial charge in [0.25, 0.3) is 0 Å². The van der Waals surface area contributed by atoms with Crippen LogP contribution in [0.5, 0.6) is 0 Å². The minimum atomic E-state index is -1.55. The van der Waals surface area contributed by atoms with Crippen LogP contribution in [0.2, 0.25) is 0 Å². The van der Waals surface area contributed by atoms with Crippen LogP contribution >= 0.6 is 0 Å². The molecule has 15 nitrogen and oxygen atoms in total. The molecule has 1 rings (SSSR count). The van der Waals surface area contributed by atoms with Crippen LogP contribution in [0.1, 0.15) is 71.3 Å². The van der Waals surface area contributed by atoms with Gasteiger partial charge in [-0.1, -0.05) is 63.9 Å². The minimum absolute atomic E-state index is 0.0746. The number of hydrogen-bond donors (Lipinski definition) is 8. The Bertz CT molecular complexity index is 1200. The van der Waals surface area contributed by atoms with E-state index in [2.05, 4.69) is 20.9 Å². The quantitative estimate of drug-likeness (QED) is 0.0452. The van der Waals surface area contributed by atoms with Gasteiger partial charge in [0.05, 0.1) is 12.5 Å². The fourth-order valence-electron chi connectivity index (χ4n) is 4.65. The number of carbonyl (C=O) groups is 6. The van der Waals surface area contributed by atoms with Gasteiger partial charge in [0, 0.05) is 25.3 Å². The first kappa shape index (κ1) is 39.5. The van der Waals surface area contributed by atoms with Crippen LogP contribution in [0, 0.1) is 11.8 Å². The molecule has 1 aromatic carbocycles. The lowest BCUT2D eigenvalue weighted by molar-refractivity contribution is -0.142. The van der Waals surface area contributed by atoms with E-state index in [1.54, 1.807) is 44.2 Å². The van der Waals surface area contributed by atoms with E-state index in [1.807, 2.05) is 6.92 Å². The summed E-state index contributed by atoms with van der Waals surface area (Å²) in [5.41, 5.74) is 22.9. The number of rotatable bonds is 22. The third-order valence-corrected chi connectivity index (χ3v) is 7.31. The molecule has 46 heavy (non-hydrogen) atoms. The molecule has 15 heteroatoms. The van der Waals surface area contributed by atoms with Gasteiger partial charge in [-0.3, -0.25) is 33.8 Å². The predicted octanol–water partition coefficient (Wildman–Crippen LogP) is -0.554. The molecule has 0 fully saturated rings. The number of aliphatic carboxylic acids is 1. The van der Waals surface area contributed by atoms with Crippen LogP contribution in [0.25, 0.3) is 0 Å². The average molecular weight is 647 g/mol. The fraction of sp³-hybridized carbons (Fsp3) is 0.581. The number of amides is 4. The highest BCUT2D eigenvalue weighted by molar-refractivity contribution is 5.96. The van der Waals surface area contributed by atoms with E-state index in [-0.39, 0.29) is 24.6 Å². The highest BCUT2D eigenvalue weighted by Gasteiger charge is 2.33. The summed E-state index contributed by atoms with van der Waals surface area (Å²) < 4.78 is 0. The standard InChI is InChI=1S/C31H50N8O7/c1-4-5-12-20(16-24(40)21(32)13-9-14-36-31(34)35)28(44)38-23(17-25(41)42)29(45)39-26(18(2)3)30(46)37-22(27(33)43)15-19-10-7-6-8-11-19/h6-8,10-11,18,20-23,26H,4-5,9,12-17,32H2,1-3H3,(H2,33,43)(H,37,46)(H,38,44)(H,39,45)(H,41,42)(H4,34,35,36)/t20-,21-,22-,23-,26-/m0/s1. The first-order chi connectivity index (χ1) is 21.7. The van der Waals surface area contributed by atoms with Crippen molar-refractivity contribution in [2.45, 2.75) is 96.3 Å². The lowest BCUT2D eigenvalue weighted by Crippen LogP contribution is -2.58. The van der Waals surface area contributed by atoms with Crippen molar-refractivity contribution in [1.29, 1.82) is 0 Å². The van der Waals surface area contributed by atoms with Crippen molar-refractivity contribution < 1.29 is 33.9 Å². The topological polar surface area (TPSA) is 275 Å². The molecular formula is C31H50N8O7. The molecule has 256 valence electrons. The maximum absolute atomic E-state index is 13.3. The van der Waals surface area contributed by atoms with E-state index in [0.29, 0.717) is 32.2 Å². The Hall–Kier alpha value is -4.53. The van der Waals surface area contributed by atoms with Crippen molar-refractivity contribution in [3.8, 4) is 0 Å². The number of primary amides is 1. The zero-order valence-electron chi connectivity index (χ0n) is 26.9. The molecule has 0 aromatic heterocycles. The second kappa shape index (κ2) is 20.5. The number of carbonyl (C=O) groups excluding carboxylic acids is 5. The number of guanidine groups is 1. The number of unbranched alkanes of at least 4 members (excludes halogenated alkanes) is 1. The fourth-order valence-corrected chi connectivity index (χ4v) is 4.65. The second-order valence-corrected chi connectivity index (χ2v) is 11.6. The van der Waals surface area contributed by atoms with Crippen LogP contribution in [0.4, 0.5) is 0 Å². The SMILES string of the molecule is CCCC[C@@H](CC(=O)[C@@H](N)CCCN=C(N)N)C(=O)N[C@@H](CC(=O)O)C(=O)N[C@H](C(=O)N[C@@H](Cc1ccccc1)C(N)=O)C(C)C. The van der Waals surface area contributed by atoms with Crippen LogP contribution in [0.3, 0.4) is 0 Å². The van der Waals surface area contributed by atoms with E-state index >= 15 is 0 Å². The number of hydrogen-bond acceptors (Lipinski definition) is 8. The van der Waals surface area contributed by atoms with E-state index in [1.165, 1.54) is 0 Å². The molecule has 0 aliphatic carbocycles. The van der Waals surface area contributed by atoms with Gasteiger partial charge in [0.15, 0.2) is 5.96 Å². The molecule has 0 spiro atoms. The summed E-state index contributed by atoms with van der Waals surface area (Å²) in [6.07, 6.45) is 1.52. The van der Waals surface area contributed by atoms with Crippen LogP contribution in [-0.2, 0) is 35.2 Å². The van der Waals surface area contributed by atoms with E-state index in [0.717, 1.165) is 12.0 Å². The zero-order valence-corrected chi connectivity index (χ0v) is 26.9. The molecule has 12 N–H and O–H groups in total. The van der Waals surface area contributed by atoms with Gasteiger partial charge in [-0.05, 0) is 30.7 Å².